The molecule has 0 aromatic carbocycles. The van der Waals surface area contributed by atoms with Crippen molar-refractivity contribution in [3.05, 3.63) is 0 Å². The quantitative estimate of drug-likeness (QED) is 0.625. The average molecular weight is 423 g/mol. The molecule has 0 saturated carbocycles. The van der Waals surface area contributed by atoms with Crippen LogP contribution in [-0.2, 0) is 12.3 Å². The summed E-state index contributed by atoms with van der Waals surface area (Å²) in [7, 11) is 0. The SMILES string of the molecule is CCN1CC[O][Sn]2([O]CCN(CC)CC(C)(C)[O]2)[O]C(C)C1. The predicted molar refractivity (Wildman–Crippen MR) is 87.6 cm³/mol. The second kappa shape index (κ2) is 8.09. The molecule has 2 aliphatic rings. The molecule has 7 heteroatoms. The van der Waals surface area contributed by atoms with Crippen molar-refractivity contribution in [2.45, 2.75) is 46.3 Å². The van der Waals surface area contributed by atoms with Gasteiger partial charge in [0.2, 0.25) is 0 Å². The van der Waals surface area contributed by atoms with Gasteiger partial charge in [0.25, 0.3) is 0 Å². The second-order valence-electron chi connectivity index (χ2n) is 6.75. The van der Waals surface area contributed by atoms with Gasteiger partial charge >= 0.3 is 141 Å². The Balaban J connectivity index is 2.10. The monoisotopic (exact) mass is 424 g/mol. The van der Waals surface area contributed by atoms with Crippen LogP contribution in [0.3, 0.4) is 0 Å². The van der Waals surface area contributed by atoms with E-state index in [-0.39, 0.29) is 11.7 Å². The summed E-state index contributed by atoms with van der Waals surface area (Å²) >= 11 is -3.94. The maximum atomic E-state index is 6.40. The third-order valence-corrected chi connectivity index (χ3v) is 11.6. The van der Waals surface area contributed by atoms with E-state index < -0.39 is 20.0 Å². The molecule has 22 heavy (non-hydrogen) atoms. The first-order valence-corrected chi connectivity index (χ1v) is 13.1. The van der Waals surface area contributed by atoms with E-state index >= 15 is 0 Å². The standard InChI is InChI=1S/C8H17NO2.C7H15NO2.Sn/c1-4-9(5-6-10)7-8(2,3)11;1-3-8(4-5-9)6-7(2)10;/h4-7H2,1-3H3;7H,3-6H2,1-2H3;/q2*-2;+4. The van der Waals surface area contributed by atoms with Crippen LogP contribution in [0.4, 0.5) is 0 Å². The van der Waals surface area contributed by atoms with E-state index in [1.807, 2.05) is 0 Å². The first kappa shape index (κ1) is 18.9. The van der Waals surface area contributed by atoms with E-state index in [4.69, 9.17) is 12.3 Å². The molecule has 2 aliphatic heterocycles. The third-order valence-electron chi connectivity index (χ3n) is 4.13. The molecule has 2 fully saturated rings. The zero-order valence-electron chi connectivity index (χ0n) is 14.8. The normalized spacial score (nSPS) is 35.6. The Labute approximate surface area is 141 Å². The molecule has 0 aliphatic carbocycles. The Bertz CT molecular complexity index is 352. The van der Waals surface area contributed by atoms with E-state index in [9.17, 15) is 0 Å². The summed E-state index contributed by atoms with van der Waals surface area (Å²) in [5.74, 6) is 0. The molecule has 2 heterocycles. The van der Waals surface area contributed by atoms with Crippen LogP contribution in [0.5, 0.6) is 0 Å². The van der Waals surface area contributed by atoms with Crippen molar-refractivity contribution in [2.75, 3.05) is 52.5 Å². The summed E-state index contributed by atoms with van der Waals surface area (Å²) in [6.07, 6.45) is 0.0774. The molecule has 0 aromatic rings. The predicted octanol–water partition coefficient (Wildman–Crippen LogP) is 1.33. The van der Waals surface area contributed by atoms with Gasteiger partial charge in [-0.3, -0.25) is 0 Å². The van der Waals surface area contributed by atoms with E-state index in [1.165, 1.54) is 0 Å². The molecule has 2 unspecified atom stereocenters. The minimum atomic E-state index is -3.94. The molecule has 2 saturated heterocycles. The van der Waals surface area contributed by atoms with Gasteiger partial charge in [-0.25, -0.2) is 0 Å². The van der Waals surface area contributed by atoms with Crippen molar-refractivity contribution in [2.24, 2.45) is 0 Å². The fourth-order valence-electron chi connectivity index (χ4n) is 3.08. The molecule has 0 radical (unpaired) electrons. The minimum absolute atomic E-state index is 0.0774. The van der Waals surface area contributed by atoms with Gasteiger partial charge in [0.15, 0.2) is 0 Å². The van der Waals surface area contributed by atoms with E-state index in [2.05, 4.69) is 44.4 Å². The second-order valence-corrected chi connectivity index (χ2v) is 12.5. The van der Waals surface area contributed by atoms with Gasteiger partial charge in [0, 0.05) is 0 Å². The molecule has 0 N–H and O–H groups in total. The number of hydrogen-bond acceptors (Lipinski definition) is 6. The van der Waals surface area contributed by atoms with Crippen LogP contribution in [0.15, 0.2) is 0 Å². The summed E-state index contributed by atoms with van der Waals surface area (Å²) in [6.45, 7) is 17.5. The van der Waals surface area contributed by atoms with Crippen LogP contribution in [-0.4, -0.2) is 94.0 Å². The fourth-order valence-corrected chi connectivity index (χ4v) is 9.86. The number of hydrogen-bond donors (Lipinski definition) is 0. The molecule has 2 rings (SSSR count). The summed E-state index contributed by atoms with van der Waals surface area (Å²) in [5.41, 5.74) is -0.310. The Hall–Kier alpha value is 0.559. The zero-order valence-corrected chi connectivity index (χ0v) is 17.6. The van der Waals surface area contributed by atoms with Crippen molar-refractivity contribution in [1.29, 1.82) is 0 Å². The van der Waals surface area contributed by atoms with Crippen LogP contribution >= 0.6 is 0 Å². The molecular formula is C15H32N2O4Sn. The van der Waals surface area contributed by atoms with E-state index in [1.54, 1.807) is 0 Å². The van der Waals surface area contributed by atoms with Gasteiger partial charge in [-0.05, 0) is 0 Å². The molecule has 0 amide bonds. The van der Waals surface area contributed by atoms with Crippen LogP contribution in [0, 0.1) is 0 Å². The fraction of sp³-hybridized carbons (Fsp3) is 1.00. The maximum absolute atomic E-state index is 6.40. The van der Waals surface area contributed by atoms with Crippen LogP contribution in [0.1, 0.15) is 34.6 Å². The summed E-state index contributed by atoms with van der Waals surface area (Å²) in [4.78, 5) is 4.69. The first-order chi connectivity index (χ1) is 10.4. The molecule has 0 bridgehead atoms. The Morgan fingerprint density at radius 3 is 2.23 bits per heavy atom. The first-order valence-electron chi connectivity index (χ1n) is 8.48. The Kier molecular flexibility index (Phi) is 6.95. The Morgan fingerprint density at radius 1 is 1.05 bits per heavy atom. The van der Waals surface area contributed by atoms with Crippen molar-refractivity contribution in [3.63, 3.8) is 0 Å². The molecule has 0 aromatic heterocycles. The van der Waals surface area contributed by atoms with Crippen molar-refractivity contribution < 1.29 is 12.3 Å². The van der Waals surface area contributed by atoms with E-state index in [0.29, 0.717) is 13.2 Å². The van der Waals surface area contributed by atoms with Crippen LogP contribution in [0.25, 0.3) is 0 Å². The van der Waals surface area contributed by atoms with Crippen molar-refractivity contribution >= 4 is 20.0 Å². The number of rotatable bonds is 2. The summed E-state index contributed by atoms with van der Waals surface area (Å²) in [5, 5.41) is 0. The van der Waals surface area contributed by atoms with Crippen LogP contribution in [0.2, 0.25) is 0 Å². The van der Waals surface area contributed by atoms with Gasteiger partial charge in [-0.2, -0.15) is 0 Å². The van der Waals surface area contributed by atoms with E-state index in [0.717, 1.165) is 39.3 Å². The summed E-state index contributed by atoms with van der Waals surface area (Å²) < 4.78 is 24.9. The topological polar surface area (TPSA) is 43.4 Å². The van der Waals surface area contributed by atoms with Crippen molar-refractivity contribution in [1.82, 2.24) is 9.80 Å². The molecular weight excluding hydrogens is 391 g/mol. The Morgan fingerprint density at radius 2 is 1.64 bits per heavy atom. The molecule has 1 spiro atoms. The van der Waals surface area contributed by atoms with Gasteiger partial charge in [-0.15, -0.1) is 0 Å². The molecule has 130 valence electrons. The summed E-state index contributed by atoms with van der Waals surface area (Å²) in [6, 6.07) is 0. The molecule has 6 nitrogen and oxygen atoms in total. The van der Waals surface area contributed by atoms with Crippen LogP contribution < -0.4 is 0 Å². The van der Waals surface area contributed by atoms with Gasteiger partial charge in [0.05, 0.1) is 0 Å². The molecule has 2 atom stereocenters. The number of likely N-dealkylation sites (N-methyl/N-ethyl adjacent to an activating group) is 2. The number of nitrogens with zero attached hydrogens (tertiary/aromatic N) is 2. The third kappa shape index (κ3) is 5.29. The van der Waals surface area contributed by atoms with Crippen molar-refractivity contribution in [3.8, 4) is 0 Å². The van der Waals surface area contributed by atoms with Gasteiger partial charge in [-0.1, -0.05) is 0 Å². The van der Waals surface area contributed by atoms with Gasteiger partial charge in [0.1, 0.15) is 0 Å². The zero-order chi connectivity index (χ0) is 16.2. The van der Waals surface area contributed by atoms with Gasteiger partial charge < -0.3 is 0 Å². The average Bonchev–Trinajstić information content (AvgIpc) is 2.40.